The Morgan fingerprint density at radius 3 is 1.53 bits per heavy atom. The highest BCUT2D eigenvalue weighted by molar-refractivity contribution is 5.78. The number of nitriles is 3. The molecule has 0 aliphatic heterocycles. The van der Waals surface area contributed by atoms with Gasteiger partial charge in [-0.05, 0) is 35.4 Å². The van der Waals surface area contributed by atoms with E-state index in [2.05, 4.69) is 0 Å². The van der Waals surface area contributed by atoms with Crippen LogP contribution in [0.3, 0.4) is 0 Å². The van der Waals surface area contributed by atoms with Gasteiger partial charge in [0.2, 0.25) is 0 Å². The Labute approximate surface area is 173 Å². The first-order chi connectivity index (χ1) is 14.6. The molecule has 2 aromatic carbocycles. The number of alkyl halides is 9. The van der Waals surface area contributed by atoms with Crippen LogP contribution in [0.4, 0.5) is 39.5 Å². The number of hydrogen-bond acceptors (Lipinski definition) is 3. The van der Waals surface area contributed by atoms with Crippen LogP contribution in [0.5, 0.6) is 0 Å². The summed E-state index contributed by atoms with van der Waals surface area (Å²) in [4.78, 5) is 0. The minimum absolute atomic E-state index is 0.182. The summed E-state index contributed by atoms with van der Waals surface area (Å²) in [6, 6.07) is 5.89. The number of hydrogen-bond donors (Lipinski definition) is 0. The molecular formula is C20H6F9N3. The molecule has 0 heterocycles. The lowest BCUT2D eigenvalue weighted by atomic mass is 9.94. The van der Waals surface area contributed by atoms with Gasteiger partial charge in [0.25, 0.3) is 0 Å². The summed E-state index contributed by atoms with van der Waals surface area (Å²) in [5.41, 5.74) is -7.94. The van der Waals surface area contributed by atoms with E-state index in [1.165, 1.54) is 12.1 Å². The fourth-order valence-corrected chi connectivity index (χ4v) is 2.70. The standard InChI is InChI=1S/C20H6F9N3/c21-18(22,23)13-3-11(4-14(6-13)19(24,25)26)16-5-10(12(7-30)8-31)1-2-15(16)17(9-32)20(27,28)29/h1-6H/b17-15+. The third-order valence-corrected chi connectivity index (χ3v) is 4.10. The molecule has 32 heavy (non-hydrogen) atoms. The highest BCUT2D eigenvalue weighted by Gasteiger charge is 2.38. The van der Waals surface area contributed by atoms with Gasteiger partial charge in [0.05, 0.1) is 11.1 Å². The van der Waals surface area contributed by atoms with Crippen molar-refractivity contribution in [2.24, 2.45) is 0 Å². The van der Waals surface area contributed by atoms with Gasteiger partial charge < -0.3 is 0 Å². The van der Waals surface area contributed by atoms with Crippen molar-refractivity contribution < 1.29 is 39.5 Å². The SMILES string of the molecule is N#CC(C#N)=c1cc/c(=C(/C#N)C(F)(F)F)c(-c2cc(C(F)(F)F)cc(C(F)(F)F)c2)c1. The smallest absolute Gasteiger partial charge is 0.192 e. The Bertz CT molecular complexity index is 1260. The van der Waals surface area contributed by atoms with Gasteiger partial charge >= 0.3 is 18.5 Å². The Morgan fingerprint density at radius 1 is 0.656 bits per heavy atom. The summed E-state index contributed by atoms with van der Waals surface area (Å²) >= 11 is 0. The van der Waals surface area contributed by atoms with E-state index in [0.29, 0.717) is 12.1 Å². The summed E-state index contributed by atoms with van der Waals surface area (Å²) in [6.45, 7) is 0. The van der Waals surface area contributed by atoms with Crippen molar-refractivity contribution in [3.63, 3.8) is 0 Å². The molecule has 0 N–H and O–H groups in total. The summed E-state index contributed by atoms with van der Waals surface area (Å²) in [5, 5.41) is 25.5. The second kappa shape index (κ2) is 8.27. The maximum Gasteiger partial charge on any atom is 0.426 e. The minimum atomic E-state index is -5.30. The highest BCUT2D eigenvalue weighted by Crippen LogP contribution is 2.38. The summed E-state index contributed by atoms with van der Waals surface area (Å²) in [5.74, 6) is 0. The predicted molar refractivity (Wildman–Crippen MR) is 90.8 cm³/mol. The normalized spacial score (nSPS) is 12.9. The first kappa shape index (κ1) is 24.3. The average molecular weight is 459 g/mol. The van der Waals surface area contributed by atoms with Crippen molar-refractivity contribution >= 4 is 11.1 Å². The first-order valence-corrected chi connectivity index (χ1v) is 8.09. The van der Waals surface area contributed by atoms with Gasteiger partial charge in [0.1, 0.15) is 29.4 Å². The molecule has 0 aliphatic rings. The molecule has 0 fully saturated rings. The Morgan fingerprint density at radius 2 is 1.16 bits per heavy atom. The average Bonchev–Trinajstić information content (AvgIpc) is 2.67. The molecule has 2 aromatic rings. The van der Waals surface area contributed by atoms with Gasteiger partial charge in [-0.15, -0.1) is 0 Å². The van der Waals surface area contributed by atoms with Crippen molar-refractivity contribution in [3.05, 3.63) is 58.0 Å². The lowest BCUT2D eigenvalue weighted by Crippen LogP contribution is -2.23. The van der Waals surface area contributed by atoms with Crippen molar-refractivity contribution in [2.75, 3.05) is 0 Å². The van der Waals surface area contributed by atoms with Crippen LogP contribution in [0.15, 0.2) is 36.4 Å². The van der Waals surface area contributed by atoms with Gasteiger partial charge in [0.15, 0.2) is 0 Å². The quantitative estimate of drug-likeness (QED) is 0.574. The lowest BCUT2D eigenvalue weighted by Gasteiger charge is -2.15. The van der Waals surface area contributed by atoms with Gasteiger partial charge in [-0.1, -0.05) is 12.1 Å². The van der Waals surface area contributed by atoms with Crippen LogP contribution in [-0.2, 0) is 12.4 Å². The van der Waals surface area contributed by atoms with E-state index in [4.69, 9.17) is 15.8 Å². The van der Waals surface area contributed by atoms with Crippen molar-refractivity contribution in [3.8, 4) is 29.3 Å². The molecular weight excluding hydrogens is 453 g/mol. The molecule has 0 saturated heterocycles. The molecule has 3 nitrogen and oxygen atoms in total. The zero-order valence-electron chi connectivity index (χ0n) is 15.2. The molecule has 0 atom stereocenters. The number of rotatable bonds is 1. The molecule has 12 heteroatoms. The predicted octanol–water partition coefficient (Wildman–Crippen LogP) is 4.83. The largest absolute Gasteiger partial charge is 0.426 e. The van der Waals surface area contributed by atoms with E-state index in [1.54, 1.807) is 0 Å². The molecule has 0 unspecified atom stereocenters. The van der Waals surface area contributed by atoms with Crippen LogP contribution in [0.1, 0.15) is 11.1 Å². The van der Waals surface area contributed by atoms with E-state index in [1.807, 2.05) is 0 Å². The van der Waals surface area contributed by atoms with E-state index in [0.717, 1.165) is 12.1 Å². The van der Waals surface area contributed by atoms with Gasteiger partial charge in [-0.3, -0.25) is 0 Å². The zero-order valence-corrected chi connectivity index (χ0v) is 15.2. The zero-order chi connectivity index (χ0) is 24.5. The maximum atomic E-state index is 13.3. The molecule has 0 aliphatic carbocycles. The molecule has 0 aromatic heterocycles. The van der Waals surface area contributed by atoms with Gasteiger partial charge in [-0.25, -0.2) is 0 Å². The second-order valence-electron chi connectivity index (χ2n) is 6.14. The Kier molecular flexibility index (Phi) is 6.28. The summed E-state index contributed by atoms with van der Waals surface area (Å²) in [7, 11) is 0. The van der Waals surface area contributed by atoms with Gasteiger partial charge in [0, 0.05) is 10.4 Å². The lowest BCUT2D eigenvalue weighted by molar-refractivity contribution is -0.143. The first-order valence-electron chi connectivity index (χ1n) is 8.09. The minimum Gasteiger partial charge on any atom is -0.192 e. The number of halogens is 9. The fourth-order valence-electron chi connectivity index (χ4n) is 2.70. The Hall–Kier alpha value is -3.98. The molecule has 2 rings (SSSR count). The van der Waals surface area contributed by atoms with E-state index < -0.39 is 57.1 Å². The number of benzene rings is 2. The fraction of sp³-hybridized carbons (Fsp3) is 0.150. The van der Waals surface area contributed by atoms with E-state index in [-0.39, 0.29) is 23.4 Å². The summed E-state index contributed by atoms with van der Waals surface area (Å²) < 4.78 is 119. The highest BCUT2D eigenvalue weighted by atomic mass is 19.4. The molecule has 164 valence electrons. The van der Waals surface area contributed by atoms with Crippen molar-refractivity contribution in [2.45, 2.75) is 18.5 Å². The van der Waals surface area contributed by atoms with Crippen LogP contribution in [0.25, 0.3) is 22.3 Å². The summed E-state index contributed by atoms with van der Waals surface area (Å²) in [6.07, 6.45) is -15.9. The van der Waals surface area contributed by atoms with Gasteiger partial charge in [-0.2, -0.15) is 55.3 Å². The third kappa shape index (κ3) is 5.01. The third-order valence-electron chi connectivity index (χ3n) is 4.10. The van der Waals surface area contributed by atoms with E-state index in [9.17, 15) is 39.5 Å². The van der Waals surface area contributed by atoms with Crippen molar-refractivity contribution in [1.82, 2.24) is 0 Å². The van der Waals surface area contributed by atoms with Crippen LogP contribution >= 0.6 is 0 Å². The molecule has 0 amide bonds. The van der Waals surface area contributed by atoms with Crippen LogP contribution in [-0.4, -0.2) is 6.18 Å². The van der Waals surface area contributed by atoms with Crippen LogP contribution in [0.2, 0.25) is 0 Å². The van der Waals surface area contributed by atoms with E-state index >= 15 is 0 Å². The van der Waals surface area contributed by atoms with Crippen molar-refractivity contribution in [1.29, 1.82) is 15.8 Å². The molecule has 0 bridgehead atoms. The molecule has 0 spiro atoms. The van der Waals surface area contributed by atoms with Crippen LogP contribution in [0, 0.1) is 34.0 Å². The second-order valence-corrected chi connectivity index (χ2v) is 6.14. The maximum absolute atomic E-state index is 13.3. The molecule has 0 radical (unpaired) electrons. The monoisotopic (exact) mass is 459 g/mol. The Balaban J connectivity index is 3.19. The topological polar surface area (TPSA) is 71.4 Å². The molecule has 0 saturated carbocycles. The van der Waals surface area contributed by atoms with Crippen LogP contribution < -0.4 is 10.4 Å². The number of nitrogens with zero attached hydrogens (tertiary/aromatic N) is 3.